The van der Waals surface area contributed by atoms with Crippen LogP contribution in [0.3, 0.4) is 0 Å². The molecule has 0 atom stereocenters. The number of rotatable bonds is 5. The number of nitro benzene ring substituents is 1. The number of nitrogens with one attached hydrogen (secondary N) is 1. The molecule has 1 aromatic rings. The first kappa shape index (κ1) is 11.7. The van der Waals surface area contributed by atoms with Gasteiger partial charge in [-0.15, -0.1) is 0 Å². The molecule has 5 heteroatoms. The minimum atomic E-state index is -0.440. The van der Waals surface area contributed by atoms with Gasteiger partial charge in [0.2, 0.25) is 0 Å². The van der Waals surface area contributed by atoms with Gasteiger partial charge in [-0.1, -0.05) is 6.92 Å². The summed E-state index contributed by atoms with van der Waals surface area (Å²) >= 11 is 0. The van der Waals surface area contributed by atoms with Gasteiger partial charge >= 0.3 is 5.69 Å². The van der Waals surface area contributed by atoms with E-state index in [0.29, 0.717) is 11.2 Å². The van der Waals surface area contributed by atoms with Crippen LogP contribution < -0.4 is 10.1 Å². The third kappa shape index (κ3) is 2.67. The molecule has 1 aromatic carbocycles. The molecule has 0 spiro atoms. The molecular weight excluding hydrogens is 220 g/mol. The number of ether oxygens (including phenoxy) is 1. The maximum atomic E-state index is 10.7. The Morgan fingerprint density at radius 3 is 2.76 bits per heavy atom. The molecular formula is C12H16N2O3. The molecule has 0 unspecified atom stereocenters. The molecule has 0 aliphatic heterocycles. The molecule has 0 aromatic heterocycles. The van der Waals surface area contributed by atoms with Gasteiger partial charge in [-0.3, -0.25) is 10.1 Å². The topological polar surface area (TPSA) is 64.4 Å². The average Bonchev–Trinajstić information content (AvgIpc) is 3.04. The van der Waals surface area contributed by atoms with Gasteiger partial charge in [-0.05, 0) is 24.3 Å². The van der Waals surface area contributed by atoms with Gasteiger partial charge in [0, 0.05) is 24.4 Å². The Morgan fingerprint density at radius 2 is 2.24 bits per heavy atom. The summed E-state index contributed by atoms with van der Waals surface area (Å²) in [5.41, 5.74) is 1.26. The third-order valence-corrected chi connectivity index (χ3v) is 3.20. The lowest BCUT2D eigenvalue weighted by Gasteiger charge is -2.12. The molecule has 5 nitrogen and oxygen atoms in total. The van der Waals surface area contributed by atoms with E-state index in [4.69, 9.17) is 4.74 Å². The molecule has 1 fully saturated rings. The van der Waals surface area contributed by atoms with Crippen molar-refractivity contribution in [2.75, 3.05) is 19.0 Å². The van der Waals surface area contributed by atoms with Crippen LogP contribution in [0.1, 0.15) is 19.8 Å². The smallest absolute Gasteiger partial charge is 0.311 e. The third-order valence-electron chi connectivity index (χ3n) is 3.20. The van der Waals surface area contributed by atoms with E-state index >= 15 is 0 Å². The monoisotopic (exact) mass is 236 g/mol. The van der Waals surface area contributed by atoms with Crippen molar-refractivity contribution in [1.29, 1.82) is 0 Å². The van der Waals surface area contributed by atoms with Crippen LogP contribution in [0.5, 0.6) is 5.75 Å². The number of nitro groups is 1. The second-order valence-corrected chi connectivity index (χ2v) is 4.81. The highest BCUT2D eigenvalue weighted by Gasteiger charge is 2.36. The molecule has 17 heavy (non-hydrogen) atoms. The van der Waals surface area contributed by atoms with Crippen molar-refractivity contribution in [1.82, 2.24) is 0 Å². The van der Waals surface area contributed by atoms with E-state index in [2.05, 4.69) is 12.2 Å². The predicted octanol–water partition coefficient (Wildman–Crippen LogP) is 2.82. The van der Waals surface area contributed by atoms with Gasteiger partial charge < -0.3 is 10.1 Å². The van der Waals surface area contributed by atoms with Crippen molar-refractivity contribution in [3.05, 3.63) is 28.3 Å². The minimum Gasteiger partial charge on any atom is -0.490 e. The molecule has 2 rings (SSSR count). The van der Waals surface area contributed by atoms with Crippen LogP contribution in [0.4, 0.5) is 11.4 Å². The first-order valence-corrected chi connectivity index (χ1v) is 5.60. The highest BCUT2D eigenvalue weighted by molar-refractivity contribution is 5.58. The van der Waals surface area contributed by atoms with Crippen molar-refractivity contribution in [3.8, 4) is 5.75 Å². The second kappa shape index (κ2) is 4.24. The molecule has 0 amide bonds. The summed E-state index contributed by atoms with van der Waals surface area (Å²) in [6.07, 6.45) is 2.48. The number of nitrogens with zero attached hydrogens (tertiary/aromatic N) is 1. The first-order valence-electron chi connectivity index (χ1n) is 5.60. The van der Waals surface area contributed by atoms with Gasteiger partial charge in [0.05, 0.1) is 12.0 Å². The second-order valence-electron chi connectivity index (χ2n) is 4.81. The van der Waals surface area contributed by atoms with E-state index < -0.39 is 4.92 Å². The van der Waals surface area contributed by atoms with E-state index in [1.807, 2.05) is 0 Å². The summed E-state index contributed by atoms with van der Waals surface area (Å²) in [6, 6.07) is 4.85. The summed E-state index contributed by atoms with van der Waals surface area (Å²) in [5.74, 6) is 0.293. The van der Waals surface area contributed by atoms with Crippen LogP contribution in [-0.4, -0.2) is 18.6 Å². The van der Waals surface area contributed by atoms with E-state index in [-0.39, 0.29) is 5.69 Å². The zero-order valence-corrected chi connectivity index (χ0v) is 10.0. The summed E-state index contributed by atoms with van der Waals surface area (Å²) in [7, 11) is 1.44. The molecule has 1 aliphatic rings. The van der Waals surface area contributed by atoms with Crippen LogP contribution in [0.2, 0.25) is 0 Å². The molecule has 0 saturated heterocycles. The molecule has 1 aliphatic carbocycles. The standard InChI is InChI=1S/C12H16N2O3/c1-12(5-6-12)8-13-9-3-4-10(14(15)16)11(7-9)17-2/h3-4,7,13H,5-6,8H2,1-2H3. The Hall–Kier alpha value is -1.78. The quantitative estimate of drug-likeness (QED) is 0.630. The van der Waals surface area contributed by atoms with Crippen molar-refractivity contribution < 1.29 is 9.66 Å². The van der Waals surface area contributed by atoms with Crippen molar-refractivity contribution in [3.63, 3.8) is 0 Å². The number of hydrogen-bond donors (Lipinski definition) is 1. The summed E-state index contributed by atoms with van der Waals surface area (Å²) < 4.78 is 5.01. The zero-order chi connectivity index (χ0) is 12.5. The fourth-order valence-corrected chi connectivity index (χ4v) is 1.64. The van der Waals surface area contributed by atoms with Crippen LogP contribution in [-0.2, 0) is 0 Å². The summed E-state index contributed by atoms with van der Waals surface area (Å²) in [5, 5.41) is 14.0. The predicted molar refractivity (Wildman–Crippen MR) is 65.5 cm³/mol. The Morgan fingerprint density at radius 1 is 1.53 bits per heavy atom. The van der Waals surface area contributed by atoms with E-state index in [9.17, 15) is 10.1 Å². The Labute approximate surface area is 99.9 Å². The number of anilines is 1. The molecule has 1 saturated carbocycles. The average molecular weight is 236 g/mol. The van der Waals surface area contributed by atoms with Gasteiger partial charge in [0.1, 0.15) is 0 Å². The van der Waals surface area contributed by atoms with Crippen LogP contribution >= 0.6 is 0 Å². The highest BCUT2D eigenvalue weighted by Crippen LogP contribution is 2.45. The Balaban J connectivity index is 2.10. The fourth-order valence-electron chi connectivity index (χ4n) is 1.64. The number of benzene rings is 1. The fraction of sp³-hybridized carbons (Fsp3) is 0.500. The molecule has 0 radical (unpaired) electrons. The molecule has 0 bridgehead atoms. The van der Waals surface area contributed by atoms with Crippen LogP contribution in [0.15, 0.2) is 18.2 Å². The molecule has 0 heterocycles. The Kier molecular flexibility index (Phi) is 2.92. The maximum Gasteiger partial charge on any atom is 0.311 e. The van der Waals surface area contributed by atoms with Crippen molar-refractivity contribution >= 4 is 11.4 Å². The molecule has 1 N–H and O–H groups in total. The maximum absolute atomic E-state index is 10.7. The SMILES string of the molecule is COc1cc(NCC2(C)CC2)ccc1[N+](=O)[O-]. The first-order chi connectivity index (χ1) is 8.04. The zero-order valence-electron chi connectivity index (χ0n) is 10.0. The van der Waals surface area contributed by atoms with Gasteiger partial charge in [-0.2, -0.15) is 0 Å². The van der Waals surface area contributed by atoms with Gasteiger partial charge in [-0.25, -0.2) is 0 Å². The highest BCUT2D eigenvalue weighted by atomic mass is 16.6. The van der Waals surface area contributed by atoms with Crippen LogP contribution in [0.25, 0.3) is 0 Å². The summed E-state index contributed by atoms with van der Waals surface area (Å²) in [4.78, 5) is 10.3. The largest absolute Gasteiger partial charge is 0.490 e. The van der Waals surface area contributed by atoms with E-state index in [1.165, 1.54) is 26.0 Å². The Bertz CT molecular complexity index is 441. The normalized spacial score (nSPS) is 16.4. The molecule has 92 valence electrons. The van der Waals surface area contributed by atoms with Crippen molar-refractivity contribution in [2.45, 2.75) is 19.8 Å². The number of methoxy groups -OCH3 is 1. The van der Waals surface area contributed by atoms with Crippen molar-refractivity contribution in [2.24, 2.45) is 5.41 Å². The van der Waals surface area contributed by atoms with Gasteiger partial charge in [0.25, 0.3) is 0 Å². The minimum absolute atomic E-state index is 0.00400. The lowest BCUT2D eigenvalue weighted by atomic mass is 10.1. The van der Waals surface area contributed by atoms with Gasteiger partial charge in [0.15, 0.2) is 5.75 Å². The summed E-state index contributed by atoms with van der Waals surface area (Å²) in [6.45, 7) is 3.12. The number of hydrogen-bond acceptors (Lipinski definition) is 4. The lowest BCUT2D eigenvalue weighted by molar-refractivity contribution is -0.385. The lowest BCUT2D eigenvalue weighted by Crippen LogP contribution is -2.11. The van der Waals surface area contributed by atoms with E-state index in [1.54, 1.807) is 12.1 Å². The van der Waals surface area contributed by atoms with E-state index in [0.717, 1.165) is 12.2 Å². The van der Waals surface area contributed by atoms with Crippen LogP contribution in [0, 0.1) is 15.5 Å².